The molecule has 4 heteroatoms. The minimum Gasteiger partial charge on any atom is -0.512 e. The van der Waals surface area contributed by atoms with Crippen LogP contribution in [-0.4, -0.2) is 28.4 Å². The summed E-state index contributed by atoms with van der Waals surface area (Å²) in [6, 6.07) is 0. The van der Waals surface area contributed by atoms with Crippen molar-refractivity contribution in [2.45, 2.75) is 38.7 Å². The number of aliphatic hydroxyl groups is 2. The molecule has 15 heavy (non-hydrogen) atoms. The molecule has 0 aromatic heterocycles. The standard InChI is InChI=1S/C11H16O4/c1-2-3-9(14)11-7(6-12)4-8(13)5-10(11)15/h6-8,13-14H,2-5H2,1H3. The first-order chi connectivity index (χ1) is 7.10. The van der Waals surface area contributed by atoms with Crippen molar-refractivity contribution in [2.24, 2.45) is 5.92 Å². The number of allylic oxidation sites excluding steroid dienone is 2. The summed E-state index contributed by atoms with van der Waals surface area (Å²) in [6.07, 6.45) is 1.23. The highest BCUT2D eigenvalue weighted by molar-refractivity contribution is 6.00. The minimum absolute atomic E-state index is 0.00602. The molecule has 1 rings (SSSR count). The highest BCUT2D eigenvalue weighted by Gasteiger charge is 2.33. The van der Waals surface area contributed by atoms with Gasteiger partial charge in [0.15, 0.2) is 5.78 Å². The Balaban J connectivity index is 2.97. The monoisotopic (exact) mass is 212 g/mol. The third kappa shape index (κ3) is 2.65. The number of rotatable bonds is 3. The molecule has 0 aliphatic heterocycles. The van der Waals surface area contributed by atoms with Crippen molar-refractivity contribution < 1.29 is 19.8 Å². The summed E-state index contributed by atoms with van der Waals surface area (Å²) >= 11 is 0. The van der Waals surface area contributed by atoms with E-state index >= 15 is 0 Å². The fourth-order valence-corrected chi connectivity index (χ4v) is 1.90. The molecule has 0 heterocycles. The van der Waals surface area contributed by atoms with Gasteiger partial charge in [-0.15, -0.1) is 0 Å². The number of hydrogen-bond donors (Lipinski definition) is 2. The predicted octanol–water partition coefficient (Wildman–Crippen LogP) is 1.14. The Kier molecular flexibility index (Phi) is 4.03. The quantitative estimate of drug-likeness (QED) is 0.418. The summed E-state index contributed by atoms with van der Waals surface area (Å²) in [7, 11) is 0. The van der Waals surface area contributed by atoms with Crippen LogP contribution in [0.15, 0.2) is 11.3 Å². The van der Waals surface area contributed by atoms with Gasteiger partial charge in [-0.1, -0.05) is 6.92 Å². The average Bonchev–Trinajstić information content (AvgIpc) is 2.16. The van der Waals surface area contributed by atoms with Crippen LogP contribution in [0.25, 0.3) is 0 Å². The SMILES string of the molecule is CCCC(O)=C1C(=O)CC(O)CC1C=O. The zero-order valence-electron chi connectivity index (χ0n) is 8.77. The summed E-state index contributed by atoms with van der Waals surface area (Å²) in [4.78, 5) is 22.3. The molecule has 2 N–H and O–H groups in total. The molecule has 2 atom stereocenters. The van der Waals surface area contributed by atoms with Gasteiger partial charge in [0.25, 0.3) is 0 Å². The third-order valence-electron chi connectivity index (χ3n) is 2.58. The number of hydrogen-bond acceptors (Lipinski definition) is 4. The van der Waals surface area contributed by atoms with Crippen LogP contribution in [0.2, 0.25) is 0 Å². The maximum absolute atomic E-state index is 11.6. The van der Waals surface area contributed by atoms with E-state index in [0.29, 0.717) is 12.7 Å². The number of Topliss-reactive ketones (excluding diaryl/α,β-unsaturated/α-hetero) is 1. The molecule has 0 aromatic carbocycles. The molecule has 1 saturated carbocycles. The lowest BCUT2D eigenvalue weighted by Crippen LogP contribution is -2.31. The first-order valence-electron chi connectivity index (χ1n) is 5.18. The predicted molar refractivity (Wildman–Crippen MR) is 54.4 cm³/mol. The summed E-state index contributed by atoms with van der Waals surface area (Å²) in [5.41, 5.74) is 0.206. The molecule has 2 unspecified atom stereocenters. The molecule has 1 aliphatic carbocycles. The van der Waals surface area contributed by atoms with Gasteiger partial charge in [-0.25, -0.2) is 0 Å². The lowest BCUT2D eigenvalue weighted by molar-refractivity contribution is -0.123. The summed E-state index contributed by atoms with van der Waals surface area (Å²) in [5.74, 6) is -0.948. The van der Waals surface area contributed by atoms with E-state index in [4.69, 9.17) is 0 Å². The Morgan fingerprint density at radius 3 is 2.80 bits per heavy atom. The molecule has 0 spiro atoms. The van der Waals surface area contributed by atoms with Crippen molar-refractivity contribution in [1.29, 1.82) is 0 Å². The highest BCUT2D eigenvalue weighted by Crippen LogP contribution is 2.28. The Morgan fingerprint density at radius 2 is 2.27 bits per heavy atom. The zero-order chi connectivity index (χ0) is 11.4. The normalized spacial score (nSPS) is 30.1. The van der Waals surface area contributed by atoms with Gasteiger partial charge < -0.3 is 15.0 Å². The second-order valence-electron chi connectivity index (χ2n) is 3.87. The van der Waals surface area contributed by atoms with E-state index < -0.39 is 12.0 Å². The Morgan fingerprint density at radius 1 is 1.60 bits per heavy atom. The number of aldehydes is 1. The molecular weight excluding hydrogens is 196 g/mol. The summed E-state index contributed by atoms with van der Waals surface area (Å²) in [6.45, 7) is 1.88. The Labute approximate surface area is 88.6 Å². The Hall–Kier alpha value is -1.16. The molecule has 1 fully saturated rings. The summed E-state index contributed by atoms with van der Waals surface area (Å²) < 4.78 is 0. The second kappa shape index (κ2) is 5.07. The molecule has 84 valence electrons. The van der Waals surface area contributed by atoms with Crippen LogP contribution < -0.4 is 0 Å². The van der Waals surface area contributed by atoms with Crippen LogP contribution in [0.3, 0.4) is 0 Å². The van der Waals surface area contributed by atoms with Crippen LogP contribution in [0.1, 0.15) is 32.6 Å². The second-order valence-corrected chi connectivity index (χ2v) is 3.87. The van der Waals surface area contributed by atoms with Crippen LogP contribution in [0.5, 0.6) is 0 Å². The first kappa shape index (κ1) is 11.9. The van der Waals surface area contributed by atoms with E-state index in [9.17, 15) is 19.8 Å². The lowest BCUT2D eigenvalue weighted by atomic mass is 9.81. The molecule has 0 bridgehead atoms. The fourth-order valence-electron chi connectivity index (χ4n) is 1.90. The van der Waals surface area contributed by atoms with E-state index in [1.54, 1.807) is 0 Å². The molecule has 4 nitrogen and oxygen atoms in total. The maximum Gasteiger partial charge on any atom is 0.165 e. The van der Waals surface area contributed by atoms with Crippen molar-refractivity contribution in [3.05, 3.63) is 11.3 Å². The highest BCUT2D eigenvalue weighted by atomic mass is 16.3. The van der Waals surface area contributed by atoms with E-state index in [-0.39, 0.29) is 30.0 Å². The van der Waals surface area contributed by atoms with Gasteiger partial charge in [0.2, 0.25) is 0 Å². The van der Waals surface area contributed by atoms with E-state index in [0.717, 1.165) is 6.42 Å². The van der Waals surface area contributed by atoms with Crippen LogP contribution in [0, 0.1) is 5.92 Å². The van der Waals surface area contributed by atoms with E-state index in [2.05, 4.69) is 0 Å². The van der Waals surface area contributed by atoms with Gasteiger partial charge in [-0.2, -0.15) is 0 Å². The lowest BCUT2D eigenvalue weighted by Gasteiger charge is -2.24. The van der Waals surface area contributed by atoms with Crippen LogP contribution >= 0.6 is 0 Å². The molecule has 0 amide bonds. The number of aliphatic hydroxyl groups excluding tert-OH is 2. The van der Waals surface area contributed by atoms with Crippen molar-refractivity contribution in [3.63, 3.8) is 0 Å². The minimum atomic E-state index is -0.758. The third-order valence-corrected chi connectivity index (χ3v) is 2.58. The average molecular weight is 212 g/mol. The summed E-state index contributed by atoms with van der Waals surface area (Å²) in [5, 5.41) is 19.0. The van der Waals surface area contributed by atoms with E-state index in [1.165, 1.54) is 0 Å². The van der Waals surface area contributed by atoms with Gasteiger partial charge in [0.1, 0.15) is 6.29 Å². The number of carbonyl (C=O) groups is 2. The van der Waals surface area contributed by atoms with Gasteiger partial charge in [-0.3, -0.25) is 4.79 Å². The van der Waals surface area contributed by atoms with Gasteiger partial charge >= 0.3 is 0 Å². The van der Waals surface area contributed by atoms with Crippen molar-refractivity contribution in [2.75, 3.05) is 0 Å². The van der Waals surface area contributed by atoms with Crippen molar-refractivity contribution in [3.8, 4) is 0 Å². The molecule has 0 saturated heterocycles. The molecular formula is C11H16O4. The maximum atomic E-state index is 11.6. The molecule has 0 aromatic rings. The largest absolute Gasteiger partial charge is 0.512 e. The van der Waals surface area contributed by atoms with Gasteiger partial charge in [0.05, 0.1) is 11.9 Å². The smallest absolute Gasteiger partial charge is 0.165 e. The van der Waals surface area contributed by atoms with Crippen LogP contribution in [0.4, 0.5) is 0 Å². The van der Waals surface area contributed by atoms with E-state index in [1.807, 2.05) is 6.92 Å². The van der Waals surface area contributed by atoms with Crippen molar-refractivity contribution in [1.82, 2.24) is 0 Å². The fraction of sp³-hybridized carbons (Fsp3) is 0.636. The van der Waals surface area contributed by atoms with Crippen LogP contribution in [-0.2, 0) is 9.59 Å². The van der Waals surface area contributed by atoms with Crippen molar-refractivity contribution >= 4 is 12.1 Å². The topological polar surface area (TPSA) is 74.6 Å². The Bertz CT molecular complexity index is 293. The molecule has 1 aliphatic rings. The number of carbonyl (C=O) groups excluding carboxylic acids is 2. The molecule has 0 radical (unpaired) electrons. The van der Waals surface area contributed by atoms with Gasteiger partial charge in [0, 0.05) is 24.3 Å². The zero-order valence-corrected chi connectivity index (χ0v) is 8.77. The first-order valence-corrected chi connectivity index (χ1v) is 5.18. The van der Waals surface area contributed by atoms with Gasteiger partial charge in [-0.05, 0) is 12.8 Å². The number of ketones is 1.